The van der Waals surface area contributed by atoms with Crippen LogP contribution in [0.3, 0.4) is 0 Å². The van der Waals surface area contributed by atoms with Gasteiger partial charge < -0.3 is 14.4 Å². The van der Waals surface area contributed by atoms with E-state index in [1.165, 1.54) is 16.9 Å². The maximum absolute atomic E-state index is 12.6. The molecule has 32 heavy (non-hydrogen) atoms. The molecule has 170 valence electrons. The third-order valence-electron chi connectivity index (χ3n) is 5.44. The van der Waals surface area contributed by atoms with Crippen molar-refractivity contribution in [3.05, 3.63) is 52.2 Å². The van der Waals surface area contributed by atoms with Crippen LogP contribution < -0.4 is 19.9 Å². The molecule has 2 atom stereocenters. The summed E-state index contributed by atoms with van der Waals surface area (Å²) in [5.41, 5.74) is 1.82. The zero-order chi connectivity index (χ0) is 23.0. The van der Waals surface area contributed by atoms with Crippen LogP contribution >= 0.6 is 0 Å². The predicted octanol–water partition coefficient (Wildman–Crippen LogP) is 2.77. The molecule has 1 fully saturated rings. The van der Waals surface area contributed by atoms with Gasteiger partial charge in [-0.15, -0.1) is 5.10 Å². The minimum atomic E-state index is -2.87. The third kappa shape index (κ3) is 4.56. The zero-order valence-electron chi connectivity index (χ0n) is 18.2. The molecule has 1 saturated carbocycles. The second kappa shape index (κ2) is 8.56. The number of pyridine rings is 1. The molecule has 1 aliphatic carbocycles. The third-order valence-corrected chi connectivity index (χ3v) is 5.44. The van der Waals surface area contributed by atoms with Crippen molar-refractivity contribution in [3.63, 3.8) is 0 Å². The molecule has 0 aliphatic heterocycles. The van der Waals surface area contributed by atoms with Gasteiger partial charge in [0.25, 0.3) is 5.56 Å². The number of ether oxygens (including phenoxy) is 2. The number of hydrogen-bond acceptors (Lipinski definition) is 7. The van der Waals surface area contributed by atoms with Gasteiger partial charge >= 0.3 is 6.61 Å². The van der Waals surface area contributed by atoms with Gasteiger partial charge in [0.1, 0.15) is 17.3 Å². The molecule has 0 unspecified atom stereocenters. The Hall–Kier alpha value is -3.50. The molecule has 0 N–H and O–H groups in total. The van der Waals surface area contributed by atoms with Crippen LogP contribution in [0.4, 0.5) is 20.3 Å². The highest BCUT2D eigenvalue weighted by Gasteiger charge is 2.40. The first-order valence-corrected chi connectivity index (χ1v) is 10.1. The van der Waals surface area contributed by atoms with Crippen molar-refractivity contribution in [2.24, 2.45) is 20.0 Å². The molecule has 0 saturated heterocycles. The van der Waals surface area contributed by atoms with Crippen LogP contribution in [0.25, 0.3) is 0 Å². The van der Waals surface area contributed by atoms with E-state index in [4.69, 9.17) is 4.74 Å². The van der Waals surface area contributed by atoms with Gasteiger partial charge in [-0.1, -0.05) is 0 Å². The van der Waals surface area contributed by atoms with E-state index in [1.54, 1.807) is 35.8 Å². The number of aryl methyl sites for hydroxylation is 3. The highest BCUT2D eigenvalue weighted by molar-refractivity contribution is 5.59. The van der Waals surface area contributed by atoms with Crippen molar-refractivity contribution >= 4 is 11.5 Å². The standard InChI is InChI=1S/C21H24F2N6O3/c1-12-7-19(28(3)25-12)27(2)17-9-18(26-29(4)20(17)30)31-11-13-8-15(13)16-6-5-14(10-24-16)32-21(22)23/h5-7,9-10,13,15,21H,8,11H2,1-4H3/t13-,15+/m1/s1. The highest BCUT2D eigenvalue weighted by atomic mass is 19.3. The quantitative estimate of drug-likeness (QED) is 0.526. The van der Waals surface area contributed by atoms with Crippen LogP contribution in [0.5, 0.6) is 11.6 Å². The average molecular weight is 446 g/mol. The molecule has 0 spiro atoms. The molecule has 4 rings (SSSR count). The largest absolute Gasteiger partial charge is 0.476 e. The Kier molecular flexibility index (Phi) is 5.81. The maximum atomic E-state index is 12.6. The normalized spacial score (nSPS) is 17.5. The Balaban J connectivity index is 1.42. The zero-order valence-corrected chi connectivity index (χ0v) is 18.2. The average Bonchev–Trinajstić information content (AvgIpc) is 3.44. The molecular weight excluding hydrogens is 422 g/mol. The van der Waals surface area contributed by atoms with Crippen LogP contribution in [0.15, 0.2) is 35.3 Å². The van der Waals surface area contributed by atoms with E-state index < -0.39 is 6.61 Å². The first-order chi connectivity index (χ1) is 15.2. The number of alkyl halides is 2. The summed E-state index contributed by atoms with van der Waals surface area (Å²) in [6.07, 6.45) is 2.17. The molecule has 0 radical (unpaired) electrons. The van der Waals surface area contributed by atoms with Gasteiger partial charge in [-0.25, -0.2) is 4.68 Å². The molecular formula is C21H24F2N6O3. The number of halogens is 2. The fourth-order valence-electron chi connectivity index (χ4n) is 3.68. The van der Waals surface area contributed by atoms with Crippen molar-refractivity contribution in [2.45, 2.75) is 25.9 Å². The smallest absolute Gasteiger partial charge is 0.387 e. The number of nitrogens with zero attached hydrogens (tertiary/aromatic N) is 6. The fourth-order valence-corrected chi connectivity index (χ4v) is 3.68. The van der Waals surface area contributed by atoms with Crippen molar-refractivity contribution in [3.8, 4) is 11.6 Å². The maximum Gasteiger partial charge on any atom is 0.387 e. The van der Waals surface area contributed by atoms with Crippen LogP contribution in [0, 0.1) is 12.8 Å². The molecule has 9 nitrogen and oxygen atoms in total. The molecule has 0 aromatic carbocycles. The van der Waals surface area contributed by atoms with E-state index in [2.05, 4.69) is 19.9 Å². The van der Waals surface area contributed by atoms with E-state index in [1.807, 2.05) is 20.0 Å². The van der Waals surface area contributed by atoms with Gasteiger partial charge in [0.2, 0.25) is 5.88 Å². The minimum Gasteiger partial charge on any atom is -0.476 e. The second-order valence-electron chi connectivity index (χ2n) is 7.83. The molecule has 3 heterocycles. The van der Waals surface area contributed by atoms with Crippen LogP contribution in [-0.2, 0) is 14.1 Å². The van der Waals surface area contributed by atoms with Crippen molar-refractivity contribution in [1.82, 2.24) is 24.5 Å². The first-order valence-electron chi connectivity index (χ1n) is 10.1. The Morgan fingerprint density at radius 2 is 2.00 bits per heavy atom. The van der Waals surface area contributed by atoms with Crippen molar-refractivity contribution < 1.29 is 18.3 Å². The fraction of sp³-hybridized carbons (Fsp3) is 0.429. The summed E-state index contributed by atoms with van der Waals surface area (Å²) < 4.78 is 37.7. The number of hydrogen-bond donors (Lipinski definition) is 0. The lowest BCUT2D eigenvalue weighted by Crippen LogP contribution is -2.28. The van der Waals surface area contributed by atoms with Gasteiger partial charge in [0.05, 0.1) is 18.5 Å². The SMILES string of the molecule is Cc1cc(N(C)c2cc(OC[C@H]3C[C@@H]3c3ccc(OC(F)F)cn3)nn(C)c2=O)n(C)n1. The lowest BCUT2D eigenvalue weighted by molar-refractivity contribution is -0.0500. The van der Waals surface area contributed by atoms with Gasteiger partial charge in [0, 0.05) is 50.8 Å². The topological polar surface area (TPSA) is 87.3 Å². The monoisotopic (exact) mass is 446 g/mol. The van der Waals surface area contributed by atoms with Crippen LogP contribution in [-0.4, -0.2) is 44.8 Å². The summed E-state index contributed by atoms with van der Waals surface area (Å²) in [6.45, 7) is -0.581. The Bertz CT molecular complexity index is 1160. The summed E-state index contributed by atoms with van der Waals surface area (Å²) in [7, 11) is 5.18. The van der Waals surface area contributed by atoms with Gasteiger partial charge in [-0.2, -0.15) is 13.9 Å². The summed E-state index contributed by atoms with van der Waals surface area (Å²) in [5.74, 6) is 1.55. The van der Waals surface area contributed by atoms with E-state index >= 15 is 0 Å². The number of anilines is 2. The molecule has 0 amide bonds. The van der Waals surface area contributed by atoms with E-state index in [-0.39, 0.29) is 23.1 Å². The van der Waals surface area contributed by atoms with Crippen molar-refractivity contribution in [1.29, 1.82) is 0 Å². The van der Waals surface area contributed by atoms with E-state index in [0.717, 1.165) is 23.6 Å². The second-order valence-corrected chi connectivity index (χ2v) is 7.83. The molecule has 3 aromatic rings. The summed E-state index contributed by atoms with van der Waals surface area (Å²) in [5, 5.41) is 8.53. The van der Waals surface area contributed by atoms with Crippen molar-refractivity contribution in [2.75, 3.05) is 18.6 Å². The van der Waals surface area contributed by atoms with Crippen LogP contribution in [0.2, 0.25) is 0 Å². The molecule has 0 bridgehead atoms. The Morgan fingerprint density at radius 1 is 1.22 bits per heavy atom. The van der Waals surface area contributed by atoms with Gasteiger partial charge in [0.15, 0.2) is 0 Å². The summed E-state index contributed by atoms with van der Waals surface area (Å²) in [6, 6.07) is 6.69. The minimum absolute atomic E-state index is 0.0341. The number of rotatable bonds is 8. The Labute approximate surface area is 183 Å². The van der Waals surface area contributed by atoms with E-state index in [9.17, 15) is 13.6 Å². The first kappa shape index (κ1) is 21.7. The molecule has 11 heteroatoms. The van der Waals surface area contributed by atoms with Gasteiger partial charge in [-0.3, -0.25) is 14.5 Å². The highest BCUT2D eigenvalue weighted by Crippen LogP contribution is 2.47. The Morgan fingerprint density at radius 3 is 2.62 bits per heavy atom. The van der Waals surface area contributed by atoms with Gasteiger partial charge in [-0.05, 0) is 25.5 Å². The lowest BCUT2D eigenvalue weighted by Gasteiger charge is -2.19. The summed E-state index contributed by atoms with van der Waals surface area (Å²) >= 11 is 0. The van der Waals surface area contributed by atoms with Crippen LogP contribution in [0.1, 0.15) is 23.7 Å². The van der Waals surface area contributed by atoms with E-state index in [0.29, 0.717) is 18.2 Å². The predicted molar refractivity (Wildman–Crippen MR) is 113 cm³/mol. The molecule has 3 aromatic heterocycles. The summed E-state index contributed by atoms with van der Waals surface area (Å²) in [4.78, 5) is 18.6. The number of aromatic nitrogens is 5. The lowest BCUT2D eigenvalue weighted by atomic mass is 10.2. The molecule has 1 aliphatic rings.